The lowest BCUT2D eigenvalue weighted by molar-refractivity contribution is 1.06. The lowest BCUT2D eigenvalue weighted by Crippen LogP contribution is -2.74. The van der Waals surface area contributed by atoms with E-state index in [9.17, 15) is 0 Å². The number of hydrogen-bond acceptors (Lipinski definition) is 3. The summed E-state index contributed by atoms with van der Waals surface area (Å²) in [5, 5.41) is 7.70. The van der Waals surface area contributed by atoms with E-state index in [4.69, 9.17) is 15.0 Å². The first-order chi connectivity index (χ1) is 31.6. The molecule has 0 atom stereocenters. The van der Waals surface area contributed by atoms with Crippen LogP contribution in [0, 0.1) is 13.8 Å². The molecule has 9 aromatic carbocycles. The van der Waals surface area contributed by atoms with E-state index >= 15 is 0 Å². The van der Waals surface area contributed by atoms with Crippen molar-refractivity contribution in [1.82, 2.24) is 19.5 Å². The van der Waals surface area contributed by atoms with Gasteiger partial charge in [0.05, 0.1) is 22.3 Å². The summed E-state index contributed by atoms with van der Waals surface area (Å²) < 4.78 is 2.41. The number of aromatic nitrogens is 4. The van der Waals surface area contributed by atoms with Crippen molar-refractivity contribution in [3.63, 3.8) is 0 Å². The molecule has 0 saturated carbocycles. The van der Waals surface area contributed by atoms with Gasteiger partial charge in [0.25, 0.3) is 0 Å². The first kappa shape index (κ1) is 38.9. The summed E-state index contributed by atoms with van der Waals surface area (Å²) >= 11 is 0. The van der Waals surface area contributed by atoms with Gasteiger partial charge in [0, 0.05) is 21.9 Å². The van der Waals surface area contributed by atoms with Gasteiger partial charge in [-0.15, -0.1) is 0 Å². The van der Waals surface area contributed by atoms with Gasteiger partial charge in [0.2, 0.25) is 0 Å². The van der Waals surface area contributed by atoms with Crippen LogP contribution in [-0.2, 0) is 0 Å². The minimum Gasteiger partial charge on any atom is -0.308 e. The molecule has 0 N–H and O–H groups in total. The molecule has 4 nitrogen and oxygen atoms in total. The highest BCUT2D eigenvalue weighted by molar-refractivity contribution is 7.19. The highest BCUT2D eigenvalue weighted by Crippen LogP contribution is 2.41. The smallest absolute Gasteiger partial charge is 0.179 e. The lowest BCUT2D eigenvalue weighted by Gasteiger charge is -2.34. The van der Waals surface area contributed by atoms with E-state index in [1.165, 1.54) is 42.6 Å². The maximum absolute atomic E-state index is 5.43. The first-order valence-electron chi connectivity index (χ1n) is 21.9. The molecule has 2 aromatic heterocycles. The summed E-state index contributed by atoms with van der Waals surface area (Å²) in [5.41, 5.74) is 10.6. The average Bonchev–Trinajstić information content (AvgIpc) is 3.67. The molecule has 0 bridgehead atoms. The summed E-state index contributed by atoms with van der Waals surface area (Å²) in [6, 6.07) is 83.3. The van der Waals surface area contributed by atoms with Gasteiger partial charge in [-0.3, -0.25) is 0 Å². The Bertz CT molecular complexity index is 3230. The Morgan fingerprint density at radius 3 is 1.23 bits per heavy atom. The number of aryl methyl sites for hydroxylation is 2. The molecular weight excluding hydrogens is 793 g/mol. The molecule has 304 valence electrons. The Balaban J connectivity index is 1.25. The van der Waals surface area contributed by atoms with E-state index in [1.54, 1.807) is 0 Å². The third-order valence-electron chi connectivity index (χ3n) is 12.5. The van der Waals surface area contributed by atoms with Crippen LogP contribution in [0.1, 0.15) is 11.1 Å². The molecule has 11 aromatic rings. The predicted octanol–water partition coefficient (Wildman–Crippen LogP) is 11.6. The predicted molar refractivity (Wildman–Crippen MR) is 269 cm³/mol. The minimum absolute atomic E-state index is 0.607. The molecule has 2 heterocycles. The Morgan fingerprint density at radius 1 is 0.344 bits per heavy atom. The molecule has 0 fully saturated rings. The van der Waals surface area contributed by atoms with E-state index in [1.807, 2.05) is 36.4 Å². The van der Waals surface area contributed by atoms with Gasteiger partial charge in [-0.1, -0.05) is 211 Å². The van der Waals surface area contributed by atoms with E-state index in [0.717, 1.165) is 44.5 Å². The van der Waals surface area contributed by atoms with Crippen molar-refractivity contribution in [2.75, 3.05) is 0 Å². The zero-order valence-electron chi connectivity index (χ0n) is 35.7. The zero-order chi connectivity index (χ0) is 43.0. The summed E-state index contributed by atoms with van der Waals surface area (Å²) in [6.45, 7) is 4.34. The van der Waals surface area contributed by atoms with Crippen LogP contribution in [0.25, 0.3) is 72.8 Å². The number of nitrogens with zero attached hydrogens (tertiary/aromatic N) is 4. The molecular formula is C59H44N4Si. The SMILES string of the molecule is Cc1ccc2c(c1)c1cc(C)ccc1n2-c1cccc(-c2cccc([Si](c3ccccc3)(c3ccccc3)c3ccccc3)c2)c1-c1nc(-c2ccccc2)nc(-c2ccccc2)n1. The summed E-state index contributed by atoms with van der Waals surface area (Å²) in [4.78, 5) is 16.0. The second-order valence-electron chi connectivity index (χ2n) is 16.5. The van der Waals surface area contributed by atoms with E-state index in [-0.39, 0.29) is 0 Å². The van der Waals surface area contributed by atoms with Gasteiger partial charge >= 0.3 is 0 Å². The Morgan fingerprint density at radius 2 is 0.750 bits per heavy atom. The number of hydrogen-bond donors (Lipinski definition) is 0. The van der Waals surface area contributed by atoms with Crippen molar-refractivity contribution >= 4 is 50.6 Å². The summed E-state index contributed by atoms with van der Waals surface area (Å²) in [6.07, 6.45) is 0. The third kappa shape index (κ3) is 6.74. The van der Waals surface area contributed by atoms with Gasteiger partial charge in [0.15, 0.2) is 25.5 Å². The Kier molecular flexibility index (Phi) is 9.95. The van der Waals surface area contributed by atoms with Crippen LogP contribution in [0.15, 0.2) is 231 Å². The Labute approximate surface area is 374 Å². The fourth-order valence-electron chi connectivity index (χ4n) is 9.62. The molecule has 11 rings (SSSR count). The van der Waals surface area contributed by atoms with Crippen LogP contribution in [0.5, 0.6) is 0 Å². The standard InChI is InChI=1S/C59H44N4Si/c1-41-34-36-53-51(38-41)52-39-42(2)35-37-54(52)63(53)55-33-19-32-50(56(55)59-61-57(43-20-8-3-9-21-43)60-58(62-59)44-22-10-4-11-23-44)45-24-18-31-49(40-45)64(46-25-12-5-13-26-46,47-27-14-6-15-28-47)48-29-16-7-17-30-48/h3-40H,1-2H3. The monoisotopic (exact) mass is 836 g/mol. The fraction of sp³-hybridized carbons (Fsp3) is 0.0339. The molecule has 0 unspecified atom stereocenters. The molecule has 0 aliphatic heterocycles. The highest BCUT2D eigenvalue weighted by atomic mass is 28.3. The molecule has 0 amide bonds. The van der Waals surface area contributed by atoms with Crippen LogP contribution in [0.4, 0.5) is 0 Å². The molecule has 0 saturated heterocycles. The van der Waals surface area contributed by atoms with Gasteiger partial charge in [-0.2, -0.15) is 0 Å². The Hall–Kier alpha value is -7.99. The molecule has 64 heavy (non-hydrogen) atoms. The van der Waals surface area contributed by atoms with Crippen molar-refractivity contribution in [2.45, 2.75) is 13.8 Å². The quantitative estimate of drug-likeness (QED) is 0.107. The summed E-state index contributed by atoms with van der Waals surface area (Å²) in [5.74, 6) is 1.85. The van der Waals surface area contributed by atoms with Crippen molar-refractivity contribution in [2.24, 2.45) is 0 Å². The topological polar surface area (TPSA) is 43.6 Å². The van der Waals surface area contributed by atoms with Crippen LogP contribution in [0.2, 0.25) is 0 Å². The molecule has 0 radical (unpaired) electrons. The normalized spacial score (nSPS) is 11.6. The third-order valence-corrected chi connectivity index (χ3v) is 17.3. The molecule has 5 heteroatoms. The number of rotatable bonds is 9. The second kappa shape index (κ2) is 16.4. The van der Waals surface area contributed by atoms with Crippen molar-refractivity contribution in [3.05, 3.63) is 242 Å². The van der Waals surface area contributed by atoms with Gasteiger partial charge < -0.3 is 4.57 Å². The first-order valence-corrected chi connectivity index (χ1v) is 23.9. The second-order valence-corrected chi connectivity index (χ2v) is 20.4. The molecule has 0 aliphatic rings. The van der Waals surface area contributed by atoms with Crippen LogP contribution in [0.3, 0.4) is 0 Å². The number of fused-ring (bicyclic) bond motifs is 3. The fourth-order valence-corrected chi connectivity index (χ4v) is 14.4. The number of benzene rings is 9. The zero-order valence-corrected chi connectivity index (χ0v) is 36.7. The van der Waals surface area contributed by atoms with E-state index in [2.05, 4.69) is 213 Å². The lowest BCUT2D eigenvalue weighted by atomic mass is 9.97. The maximum atomic E-state index is 5.43. The van der Waals surface area contributed by atoms with Crippen molar-refractivity contribution in [1.29, 1.82) is 0 Å². The van der Waals surface area contributed by atoms with Crippen LogP contribution < -0.4 is 20.7 Å². The van der Waals surface area contributed by atoms with E-state index in [0.29, 0.717) is 17.5 Å². The van der Waals surface area contributed by atoms with Crippen LogP contribution in [-0.4, -0.2) is 27.6 Å². The summed E-state index contributed by atoms with van der Waals surface area (Å²) in [7, 11) is -2.86. The van der Waals surface area contributed by atoms with E-state index < -0.39 is 8.07 Å². The maximum Gasteiger partial charge on any atom is 0.179 e. The van der Waals surface area contributed by atoms with Crippen LogP contribution >= 0.6 is 0 Å². The van der Waals surface area contributed by atoms with Crippen molar-refractivity contribution < 1.29 is 0 Å². The molecule has 0 spiro atoms. The van der Waals surface area contributed by atoms with Gasteiger partial charge in [-0.05, 0) is 76.1 Å². The largest absolute Gasteiger partial charge is 0.308 e. The molecule has 0 aliphatic carbocycles. The minimum atomic E-state index is -2.86. The van der Waals surface area contributed by atoms with Gasteiger partial charge in [0.1, 0.15) is 0 Å². The average molecular weight is 837 g/mol. The van der Waals surface area contributed by atoms with Crippen molar-refractivity contribution in [3.8, 4) is 51.0 Å². The van der Waals surface area contributed by atoms with Gasteiger partial charge in [-0.25, -0.2) is 15.0 Å². The highest BCUT2D eigenvalue weighted by Gasteiger charge is 2.41.